The van der Waals surface area contributed by atoms with Gasteiger partial charge in [0.15, 0.2) is 0 Å². The topological polar surface area (TPSA) is 134 Å². The molecule has 86 valence electrons. The summed E-state index contributed by atoms with van der Waals surface area (Å²) in [6.45, 7) is 1.08. The van der Waals surface area contributed by atoms with E-state index in [-0.39, 0.29) is 13.0 Å². The molecule has 0 aliphatic heterocycles. The highest BCUT2D eigenvalue weighted by Gasteiger charge is 2.32. The van der Waals surface area contributed by atoms with Crippen molar-refractivity contribution in [3.05, 3.63) is 0 Å². The van der Waals surface area contributed by atoms with Crippen LogP contribution < -0.4 is 0 Å². The van der Waals surface area contributed by atoms with Crippen LogP contribution in [0.15, 0.2) is 0 Å². The van der Waals surface area contributed by atoms with Gasteiger partial charge in [-0.2, -0.15) is 4.31 Å². The highest BCUT2D eigenvalue weighted by Crippen LogP contribution is 2.57. The van der Waals surface area contributed by atoms with E-state index in [4.69, 9.17) is 19.8 Å². The van der Waals surface area contributed by atoms with E-state index < -0.39 is 21.7 Å². The summed E-state index contributed by atoms with van der Waals surface area (Å²) in [5, 5.41) is 8.74. The first-order valence-electron chi connectivity index (χ1n) is 3.55. The van der Waals surface area contributed by atoms with Crippen LogP contribution in [0.25, 0.3) is 0 Å². The van der Waals surface area contributed by atoms with Gasteiger partial charge in [-0.15, -0.1) is 0 Å². The van der Waals surface area contributed by atoms with E-state index in [0.717, 1.165) is 0 Å². The maximum Gasteiger partial charge on any atom is 0.481 e. The molecule has 0 fully saturated rings. The van der Waals surface area contributed by atoms with Crippen molar-refractivity contribution in [2.24, 2.45) is 0 Å². The van der Waals surface area contributed by atoms with Crippen LogP contribution in [0.1, 0.15) is 13.3 Å². The largest absolute Gasteiger partial charge is 0.481 e. The minimum absolute atomic E-state index is 0.0507. The lowest BCUT2D eigenvalue weighted by molar-refractivity contribution is 0.132. The summed E-state index contributed by atoms with van der Waals surface area (Å²) in [6, 6.07) is 0. The molecular formula is C4H12O8P2. The zero-order valence-corrected chi connectivity index (χ0v) is 9.10. The molecule has 0 saturated heterocycles. The monoisotopic (exact) mass is 250 g/mol. The van der Waals surface area contributed by atoms with Crippen molar-refractivity contribution in [2.45, 2.75) is 19.4 Å². The average Bonchev–Trinajstić information content (AvgIpc) is 1.78. The second-order valence-electron chi connectivity index (χ2n) is 2.51. The predicted molar refractivity (Wildman–Crippen MR) is 45.2 cm³/mol. The number of aliphatic hydroxyl groups is 1. The third kappa shape index (κ3) is 8.80. The molecule has 10 heteroatoms. The van der Waals surface area contributed by atoms with E-state index in [1.165, 1.54) is 6.92 Å². The lowest BCUT2D eigenvalue weighted by atomic mass is 10.3. The first-order valence-corrected chi connectivity index (χ1v) is 6.57. The van der Waals surface area contributed by atoms with Gasteiger partial charge in [-0.1, -0.05) is 0 Å². The van der Waals surface area contributed by atoms with Gasteiger partial charge < -0.3 is 19.8 Å². The van der Waals surface area contributed by atoms with Crippen LogP contribution >= 0.6 is 15.6 Å². The fraction of sp³-hybridized carbons (Fsp3) is 1.00. The Balaban J connectivity index is 3.97. The van der Waals surface area contributed by atoms with Crippen molar-refractivity contribution in [1.82, 2.24) is 0 Å². The van der Waals surface area contributed by atoms with Crippen molar-refractivity contribution in [2.75, 3.05) is 6.61 Å². The average molecular weight is 250 g/mol. The fourth-order valence-electron chi connectivity index (χ4n) is 0.497. The number of phosphoric ester groups is 1. The molecule has 0 saturated carbocycles. The van der Waals surface area contributed by atoms with Crippen molar-refractivity contribution in [1.29, 1.82) is 0 Å². The summed E-state index contributed by atoms with van der Waals surface area (Å²) in [7, 11) is -9.80. The van der Waals surface area contributed by atoms with Gasteiger partial charge in [-0.05, 0) is 13.3 Å². The molecule has 0 amide bonds. The van der Waals surface area contributed by atoms with Gasteiger partial charge >= 0.3 is 15.6 Å². The van der Waals surface area contributed by atoms with Gasteiger partial charge in [0.05, 0.1) is 12.7 Å². The number of phosphoric acid groups is 2. The van der Waals surface area contributed by atoms with E-state index in [9.17, 15) is 9.13 Å². The number of aliphatic hydroxyl groups excluding tert-OH is 1. The van der Waals surface area contributed by atoms with Gasteiger partial charge in [0, 0.05) is 0 Å². The van der Waals surface area contributed by atoms with Crippen LogP contribution in [0.3, 0.4) is 0 Å². The van der Waals surface area contributed by atoms with Crippen molar-refractivity contribution in [3.63, 3.8) is 0 Å². The standard InChI is InChI=1S/C4H12O8P2/c1-4(5)2-3-11-14(9,10)12-13(6,7)8/h4-5H,2-3H2,1H3,(H,9,10)(H2,6,7,8). The van der Waals surface area contributed by atoms with E-state index in [0.29, 0.717) is 0 Å². The van der Waals surface area contributed by atoms with E-state index in [1.54, 1.807) is 0 Å². The molecule has 2 atom stereocenters. The molecule has 0 aromatic heterocycles. The third-order valence-electron chi connectivity index (χ3n) is 1.000. The second-order valence-corrected chi connectivity index (χ2v) is 5.34. The highest BCUT2D eigenvalue weighted by molar-refractivity contribution is 7.60. The van der Waals surface area contributed by atoms with Crippen LogP contribution in [0.2, 0.25) is 0 Å². The van der Waals surface area contributed by atoms with Crippen molar-refractivity contribution in [3.8, 4) is 0 Å². The SMILES string of the molecule is CC(O)CCOP(=O)(O)OP(=O)(O)O. The number of hydrogen-bond acceptors (Lipinski definition) is 5. The summed E-state index contributed by atoms with van der Waals surface area (Å²) in [5.74, 6) is 0. The third-order valence-corrected chi connectivity index (χ3v) is 3.18. The molecule has 0 aromatic rings. The van der Waals surface area contributed by atoms with Crippen LogP contribution in [0, 0.1) is 0 Å². The van der Waals surface area contributed by atoms with Crippen LogP contribution in [-0.2, 0) is 18.0 Å². The minimum Gasteiger partial charge on any atom is -0.393 e. The molecule has 0 bridgehead atoms. The smallest absolute Gasteiger partial charge is 0.393 e. The predicted octanol–water partition coefficient (Wildman–Crippen LogP) is -0.0164. The van der Waals surface area contributed by atoms with Crippen LogP contribution in [-0.4, -0.2) is 32.5 Å². The Morgan fingerprint density at radius 3 is 2.14 bits per heavy atom. The molecule has 8 nitrogen and oxygen atoms in total. The highest BCUT2D eigenvalue weighted by atomic mass is 31.3. The first-order chi connectivity index (χ1) is 6.12. The van der Waals surface area contributed by atoms with Gasteiger partial charge in [0.2, 0.25) is 0 Å². The second kappa shape index (κ2) is 5.34. The van der Waals surface area contributed by atoms with Gasteiger partial charge in [0.1, 0.15) is 0 Å². The normalized spacial score (nSPS) is 18.9. The number of rotatable bonds is 6. The van der Waals surface area contributed by atoms with Crippen molar-refractivity contribution >= 4 is 15.6 Å². The molecule has 0 spiro atoms. The maximum absolute atomic E-state index is 10.7. The molecule has 0 rings (SSSR count). The van der Waals surface area contributed by atoms with E-state index >= 15 is 0 Å². The summed E-state index contributed by atoms with van der Waals surface area (Å²) in [5.41, 5.74) is 0. The number of hydrogen-bond donors (Lipinski definition) is 4. The Morgan fingerprint density at radius 1 is 1.29 bits per heavy atom. The van der Waals surface area contributed by atoms with Crippen LogP contribution in [0.4, 0.5) is 0 Å². The van der Waals surface area contributed by atoms with Gasteiger partial charge in [0.25, 0.3) is 0 Å². The van der Waals surface area contributed by atoms with E-state index in [2.05, 4.69) is 8.83 Å². The Labute approximate surface area is 80.3 Å². The fourth-order valence-corrected chi connectivity index (χ4v) is 2.10. The molecule has 2 unspecified atom stereocenters. The first kappa shape index (κ1) is 14.2. The molecule has 14 heavy (non-hydrogen) atoms. The van der Waals surface area contributed by atoms with Crippen molar-refractivity contribution < 1.29 is 37.8 Å². The molecule has 0 radical (unpaired) electrons. The Bertz CT molecular complexity index is 256. The Hall–Kier alpha value is 0.220. The van der Waals surface area contributed by atoms with Crippen LogP contribution in [0.5, 0.6) is 0 Å². The van der Waals surface area contributed by atoms with E-state index in [1.807, 2.05) is 0 Å². The lowest BCUT2D eigenvalue weighted by Crippen LogP contribution is -2.05. The Kier molecular flexibility index (Phi) is 5.43. The molecule has 0 aliphatic rings. The zero-order valence-electron chi connectivity index (χ0n) is 7.31. The molecule has 4 N–H and O–H groups in total. The summed E-state index contributed by atoms with van der Waals surface area (Å²) >= 11 is 0. The quantitative estimate of drug-likeness (QED) is 0.483. The Morgan fingerprint density at radius 2 is 1.79 bits per heavy atom. The zero-order chi connectivity index (χ0) is 11.4. The summed E-state index contributed by atoms with van der Waals surface area (Å²) < 4.78 is 28.5. The lowest BCUT2D eigenvalue weighted by Gasteiger charge is -2.12. The van der Waals surface area contributed by atoms with Gasteiger partial charge in [-0.25, -0.2) is 9.13 Å². The summed E-state index contributed by atoms with van der Waals surface area (Å²) in [4.78, 5) is 25.1. The maximum atomic E-state index is 10.7. The molecule has 0 aromatic carbocycles. The molecular weight excluding hydrogens is 238 g/mol. The molecule has 0 heterocycles. The van der Waals surface area contributed by atoms with Gasteiger partial charge in [-0.3, -0.25) is 4.52 Å². The molecule has 0 aliphatic carbocycles. The summed E-state index contributed by atoms with van der Waals surface area (Å²) in [6.07, 6.45) is -0.695. The minimum atomic E-state index is -5.05.